The summed E-state index contributed by atoms with van der Waals surface area (Å²) < 4.78 is 14.1. The highest BCUT2D eigenvalue weighted by molar-refractivity contribution is 6.31. The second-order valence-corrected chi connectivity index (χ2v) is 3.75. The monoisotopic (exact) mass is 255 g/mol. The third kappa shape index (κ3) is 1.99. The predicted octanol–water partition coefficient (Wildman–Crippen LogP) is 1.97. The van der Waals surface area contributed by atoms with Crippen LogP contribution in [0.2, 0.25) is 5.02 Å². The van der Waals surface area contributed by atoms with E-state index in [0.29, 0.717) is 5.56 Å². The highest BCUT2D eigenvalue weighted by Crippen LogP contribution is 2.25. The van der Waals surface area contributed by atoms with Crippen LogP contribution >= 0.6 is 11.6 Å². The Morgan fingerprint density at radius 3 is 2.82 bits per heavy atom. The van der Waals surface area contributed by atoms with Crippen LogP contribution in [0, 0.1) is 5.82 Å². The van der Waals surface area contributed by atoms with Gasteiger partial charge >= 0.3 is 5.97 Å². The van der Waals surface area contributed by atoms with E-state index in [1.165, 1.54) is 19.2 Å². The van der Waals surface area contributed by atoms with Crippen LogP contribution in [0.15, 0.2) is 18.2 Å². The molecule has 0 saturated heterocycles. The number of hydrogen-bond donors (Lipinski definition) is 1. The SMILES string of the molecule is Cn1nnc(-c2ccc(F)c(Cl)c2)c1C(=O)O. The first kappa shape index (κ1) is 11.5. The number of aryl methyl sites for hydroxylation is 1. The highest BCUT2D eigenvalue weighted by Gasteiger charge is 2.19. The third-order valence-electron chi connectivity index (χ3n) is 2.22. The standard InChI is InChI=1S/C10H7ClFN3O2/c1-15-9(10(16)17)8(13-14-15)5-2-3-7(12)6(11)4-5/h2-4H,1H3,(H,16,17). The fourth-order valence-electron chi connectivity index (χ4n) is 1.43. The normalized spacial score (nSPS) is 10.5. The van der Waals surface area contributed by atoms with E-state index in [9.17, 15) is 9.18 Å². The van der Waals surface area contributed by atoms with Gasteiger partial charge in [0.05, 0.1) is 5.02 Å². The van der Waals surface area contributed by atoms with Crippen LogP contribution in [0.1, 0.15) is 10.5 Å². The molecular formula is C10H7ClFN3O2. The molecule has 5 nitrogen and oxygen atoms in total. The third-order valence-corrected chi connectivity index (χ3v) is 2.51. The lowest BCUT2D eigenvalue weighted by Crippen LogP contribution is -2.06. The van der Waals surface area contributed by atoms with Crippen LogP contribution < -0.4 is 0 Å². The van der Waals surface area contributed by atoms with Crippen molar-refractivity contribution >= 4 is 17.6 Å². The maximum absolute atomic E-state index is 13.0. The first-order valence-corrected chi connectivity index (χ1v) is 4.97. The quantitative estimate of drug-likeness (QED) is 0.891. The molecule has 0 unspecified atom stereocenters. The number of carboxylic acid groups (broad SMARTS) is 1. The van der Waals surface area contributed by atoms with Crippen molar-refractivity contribution in [1.82, 2.24) is 15.0 Å². The van der Waals surface area contributed by atoms with Crippen molar-refractivity contribution in [3.8, 4) is 11.3 Å². The second kappa shape index (κ2) is 4.14. The largest absolute Gasteiger partial charge is 0.476 e. The van der Waals surface area contributed by atoms with Gasteiger partial charge in [0, 0.05) is 12.6 Å². The van der Waals surface area contributed by atoms with Gasteiger partial charge in [-0.3, -0.25) is 0 Å². The number of carbonyl (C=O) groups is 1. The van der Waals surface area contributed by atoms with Gasteiger partial charge in [0.25, 0.3) is 0 Å². The summed E-state index contributed by atoms with van der Waals surface area (Å²) in [5, 5.41) is 16.3. The molecule has 7 heteroatoms. The number of hydrogen-bond acceptors (Lipinski definition) is 3. The van der Waals surface area contributed by atoms with Crippen molar-refractivity contribution in [3.63, 3.8) is 0 Å². The average molecular weight is 256 g/mol. The van der Waals surface area contributed by atoms with E-state index in [2.05, 4.69) is 10.3 Å². The zero-order chi connectivity index (χ0) is 12.6. The Labute approximate surface area is 100 Å². The Kier molecular flexibility index (Phi) is 2.81. The van der Waals surface area contributed by atoms with Gasteiger partial charge in [-0.2, -0.15) is 0 Å². The predicted molar refractivity (Wildman–Crippen MR) is 58.4 cm³/mol. The molecule has 1 aromatic carbocycles. The summed E-state index contributed by atoms with van der Waals surface area (Å²) in [5.74, 6) is -1.73. The summed E-state index contributed by atoms with van der Waals surface area (Å²) in [6.45, 7) is 0. The fraction of sp³-hybridized carbons (Fsp3) is 0.100. The first-order chi connectivity index (χ1) is 8.00. The van der Waals surface area contributed by atoms with Gasteiger partial charge in [0.1, 0.15) is 11.5 Å². The van der Waals surface area contributed by atoms with Crippen LogP contribution in [0.4, 0.5) is 4.39 Å². The second-order valence-electron chi connectivity index (χ2n) is 3.34. The molecule has 1 heterocycles. The van der Waals surface area contributed by atoms with Crippen LogP contribution in [0.25, 0.3) is 11.3 Å². The van der Waals surface area contributed by atoms with Crippen molar-refractivity contribution < 1.29 is 14.3 Å². The molecule has 0 atom stereocenters. The van der Waals surface area contributed by atoms with Crippen molar-refractivity contribution in [2.45, 2.75) is 0 Å². The molecule has 0 amide bonds. The molecule has 0 bridgehead atoms. The van der Waals surface area contributed by atoms with Gasteiger partial charge in [-0.1, -0.05) is 16.8 Å². The van der Waals surface area contributed by atoms with E-state index in [1.807, 2.05) is 0 Å². The summed E-state index contributed by atoms with van der Waals surface area (Å²) in [6, 6.07) is 3.86. The van der Waals surface area contributed by atoms with E-state index < -0.39 is 11.8 Å². The number of aromatic carboxylic acids is 1. The Morgan fingerprint density at radius 2 is 2.24 bits per heavy atom. The molecule has 0 radical (unpaired) electrons. The van der Waals surface area contributed by atoms with Gasteiger partial charge in [0.2, 0.25) is 0 Å². The number of halogens is 2. The maximum Gasteiger partial charge on any atom is 0.356 e. The van der Waals surface area contributed by atoms with Crippen molar-refractivity contribution in [2.24, 2.45) is 7.05 Å². The van der Waals surface area contributed by atoms with Crippen molar-refractivity contribution in [1.29, 1.82) is 0 Å². The number of nitrogens with zero attached hydrogens (tertiary/aromatic N) is 3. The van der Waals surface area contributed by atoms with Gasteiger partial charge < -0.3 is 5.11 Å². The lowest BCUT2D eigenvalue weighted by molar-refractivity contribution is 0.0686. The summed E-state index contributed by atoms with van der Waals surface area (Å²) in [7, 11) is 1.46. The van der Waals surface area contributed by atoms with Gasteiger partial charge in [-0.05, 0) is 18.2 Å². The Hall–Kier alpha value is -1.95. The van der Waals surface area contributed by atoms with E-state index in [0.717, 1.165) is 10.7 Å². The molecule has 1 aromatic heterocycles. The fourth-order valence-corrected chi connectivity index (χ4v) is 1.62. The Balaban J connectivity index is 2.60. The highest BCUT2D eigenvalue weighted by atomic mass is 35.5. The van der Waals surface area contributed by atoms with Crippen LogP contribution in [0.5, 0.6) is 0 Å². The van der Waals surface area contributed by atoms with Gasteiger partial charge in [0.15, 0.2) is 5.69 Å². The number of carboxylic acids is 1. The van der Waals surface area contributed by atoms with E-state index >= 15 is 0 Å². The number of aromatic nitrogens is 3. The summed E-state index contributed by atoms with van der Waals surface area (Å²) >= 11 is 5.63. The van der Waals surface area contributed by atoms with Gasteiger partial charge in [-0.25, -0.2) is 13.9 Å². The van der Waals surface area contributed by atoms with Gasteiger partial charge in [-0.15, -0.1) is 5.10 Å². The van der Waals surface area contributed by atoms with E-state index in [-0.39, 0.29) is 16.4 Å². The lowest BCUT2D eigenvalue weighted by atomic mass is 10.1. The Morgan fingerprint density at radius 1 is 1.53 bits per heavy atom. The molecule has 0 aliphatic rings. The molecule has 0 aliphatic carbocycles. The molecule has 1 N–H and O–H groups in total. The minimum Gasteiger partial charge on any atom is -0.476 e. The average Bonchev–Trinajstić information content (AvgIpc) is 2.64. The molecule has 2 aromatic rings. The van der Waals surface area contributed by atoms with Crippen molar-refractivity contribution in [3.05, 3.63) is 34.7 Å². The smallest absolute Gasteiger partial charge is 0.356 e. The van der Waals surface area contributed by atoms with Crippen LogP contribution in [-0.4, -0.2) is 26.1 Å². The topological polar surface area (TPSA) is 68.0 Å². The molecule has 0 spiro atoms. The zero-order valence-electron chi connectivity index (χ0n) is 8.69. The minimum absolute atomic E-state index is 0.0762. The molecule has 17 heavy (non-hydrogen) atoms. The summed E-state index contributed by atoms with van der Waals surface area (Å²) in [5.41, 5.74) is 0.483. The summed E-state index contributed by atoms with van der Waals surface area (Å²) in [4.78, 5) is 11.0. The molecule has 0 fully saturated rings. The van der Waals surface area contributed by atoms with Crippen molar-refractivity contribution in [2.75, 3.05) is 0 Å². The molecule has 0 aliphatic heterocycles. The summed E-state index contributed by atoms with van der Waals surface area (Å²) in [6.07, 6.45) is 0. The van der Waals surface area contributed by atoms with E-state index in [1.54, 1.807) is 0 Å². The zero-order valence-corrected chi connectivity index (χ0v) is 9.44. The molecule has 2 rings (SSSR count). The molecule has 88 valence electrons. The van der Waals surface area contributed by atoms with E-state index in [4.69, 9.17) is 16.7 Å². The van der Waals surface area contributed by atoms with Crippen LogP contribution in [0.3, 0.4) is 0 Å². The lowest BCUT2D eigenvalue weighted by Gasteiger charge is -2.01. The minimum atomic E-state index is -1.16. The van der Waals surface area contributed by atoms with Crippen LogP contribution in [-0.2, 0) is 7.05 Å². The number of rotatable bonds is 2. The Bertz CT molecular complexity index is 597. The number of benzene rings is 1. The molecule has 0 saturated carbocycles. The first-order valence-electron chi connectivity index (χ1n) is 4.59. The molecular weight excluding hydrogens is 249 g/mol. The maximum atomic E-state index is 13.0.